The Morgan fingerprint density at radius 2 is 2.29 bits per heavy atom. The van der Waals surface area contributed by atoms with Crippen LogP contribution in [0.5, 0.6) is 0 Å². The van der Waals surface area contributed by atoms with Crippen LogP contribution in [-0.2, 0) is 0 Å². The molecule has 17 heavy (non-hydrogen) atoms. The maximum absolute atomic E-state index is 4.30. The van der Waals surface area contributed by atoms with Crippen molar-refractivity contribution in [3.63, 3.8) is 0 Å². The van der Waals surface area contributed by atoms with Crippen LogP contribution in [0, 0.1) is 11.8 Å². The summed E-state index contributed by atoms with van der Waals surface area (Å²) in [6.45, 7) is 3.02. The molecule has 3 rings (SSSR count). The van der Waals surface area contributed by atoms with Gasteiger partial charge in [-0.05, 0) is 44.1 Å². The third-order valence-corrected chi connectivity index (χ3v) is 4.21. The van der Waals surface area contributed by atoms with E-state index in [-0.39, 0.29) is 0 Å². The predicted molar refractivity (Wildman–Crippen MR) is 71.3 cm³/mol. The van der Waals surface area contributed by atoms with Crippen LogP contribution in [0.2, 0.25) is 0 Å². The van der Waals surface area contributed by atoms with E-state index >= 15 is 0 Å². The maximum atomic E-state index is 4.30. The average Bonchev–Trinajstić information content (AvgIpc) is 2.92. The molecule has 0 saturated heterocycles. The van der Waals surface area contributed by atoms with Crippen molar-refractivity contribution >= 4 is 11.5 Å². The highest BCUT2D eigenvalue weighted by molar-refractivity contribution is 5.52. The lowest BCUT2D eigenvalue weighted by molar-refractivity contribution is 0.440. The fourth-order valence-electron chi connectivity index (χ4n) is 3.43. The summed E-state index contributed by atoms with van der Waals surface area (Å²) in [6.07, 6.45) is 7.58. The topological polar surface area (TPSA) is 37.0 Å². The first-order valence-corrected chi connectivity index (χ1v) is 6.81. The molecule has 2 saturated carbocycles. The first-order valence-electron chi connectivity index (χ1n) is 6.81. The minimum absolute atomic E-state index is 0.700. The number of nitrogens with one attached hydrogen (secondary N) is 2. The number of fused-ring (bicyclic) bond motifs is 2. The Kier molecular flexibility index (Phi) is 2.91. The normalized spacial score (nSPS) is 30.5. The van der Waals surface area contributed by atoms with Crippen molar-refractivity contribution < 1.29 is 0 Å². The van der Waals surface area contributed by atoms with Gasteiger partial charge >= 0.3 is 0 Å². The van der Waals surface area contributed by atoms with Crippen LogP contribution in [0.3, 0.4) is 0 Å². The first kappa shape index (κ1) is 10.9. The molecule has 2 N–H and O–H groups in total. The van der Waals surface area contributed by atoms with Gasteiger partial charge in [-0.2, -0.15) is 0 Å². The molecule has 3 nitrogen and oxygen atoms in total. The van der Waals surface area contributed by atoms with E-state index in [2.05, 4.69) is 34.7 Å². The van der Waals surface area contributed by atoms with E-state index < -0.39 is 0 Å². The van der Waals surface area contributed by atoms with E-state index in [9.17, 15) is 0 Å². The lowest BCUT2D eigenvalue weighted by Crippen LogP contribution is -2.25. The van der Waals surface area contributed by atoms with Gasteiger partial charge in [0.1, 0.15) is 5.82 Å². The zero-order valence-corrected chi connectivity index (χ0v) is 10.4. The molecular formula is C14H21N3. The van der Waals surface area contributed by atoms with E-state index in [0.29, 0.717) is 6.04 Å². The summed E-state index contributed by atoms with van der Waals surface area (Å²) in [5, 5.41) is 6.95. The summed E-state index contributed by atoms with van der Waals surface area (Å²) in [6, 6.07) is 4.90. The van der Waals surface area contributed by atoms with E-state index in [1.165, 1.54) is 31.4 Å². The largest absolute Gasteiger partial charge is 0.382 e. The van der Waals surface area contributed by atoms with Gasteiger partial charge in [-0.1, -0.05) is 6.42 Å². The van der Waals surface area contributed by atoms with E-state index in [1.54, 1.807) is 0 Å². The molecule has 2 aliphatic rings. The summed E-state index contributed by atoms with van der Waals surface area (Å²) in [5.41, 5.74) is 1.22. The second-order valence-corrected chi connectivity index (χ2v) is 5.39. The van der Waals surface area contributed by atoms with Gasteiger partial charge in [-0.25, -0.2) is 4.98 Å². The molecule has 3 atom stereocenters. The Bertz CT molecular complexity index is 391. The maximum Gasteiger partial charge on any atom is 0.127 e. The van der Waals surface area contributed by atoms with E-state index in [4.69, 9.17) is 0 Å². The second kappa shape index (κ2) is 4.55. The standard InChI is InChI=1S/C14H21N3/c1-2-15-14-9-12(5-6-16-14)17-13-8-10-3-4-11(13)7-10/h5-6,9-11,13H,2-4,7-8H2,1H3,(H2,15,16,17). The molecule has 3 heteroatoms. The highest BCUT2D eigenvalue weighted by atomic mass is 15.0. The van der Waals surface area contributed by atoms with E-state index in [1.807, 2.05) is 6.20 Å². The van der Waals surface area contributed by atoms with Gasteiger partial charge in [-0.3, -0.25) is 0 Å². The number of pyridine rings is 1. The highest BCUT2D eigenvalue weighted by Crippen LogP contribution is 2.45. The molecule has 0 aromatic carbocycles. The predicted octanol–water partition coefficient (Wildman–Crippen LogP) is 3.11. The molecule has 2 bridgehead atoms. The minimum atomic E-state index is 0.700. The summed E-state index contributed by atoms with van der Waals surface area (Å²) >= 11 is 0. The highest BCUT2D eigenvalue weighted by Gasteiger charge is 2.39. The monoisotopic (exact) mass is 231 g/mol. The second-order valence-electron chi connectivity index (χ2n) is 5.39. The van der Waals surface area contributed by atoms with E-state index in [0.717, 1.165) is 24.2 Å². The van der Waals surface area contributed by atoms with Crippen LogP contribution in [0.25, 0.3) is 0 Å². The molecule has 92 valence electrons. The van der Waals surface area contributed by atoms with Crippen molar-refractivity contribution in [2.45, 2.75) is 38.6 Å². The number of aromatic nitrogens is 1. The van der Waals surface area contributed by atoms with Crippen molar-refractivity contribution in [2.24, 2.45) is 11.8 Å². The zero-order valence-electron chi connectivity index (χ0n) is 10.4. The Morgan fingerprint density at radius 3 is 3.00 bits per heavy atom. The summed E-state index contributed by atoms with van der Waals surface area (Å²) in [5.74, 6) is 2.88. The Labute approximate surface area is 103 Å². The van der Waals surface area contributed by atoms with Gasteiger partial charge in [0.25, 0.3) is 0 Å². The third-order valence-electron chi connectivity index (χ3n) is 4.21. The van der Waals surface area contributed by atoms with Gasteiger partial charge in [0, 0.05) is 30.5 Å². The lowest BCUT2D eigenvalue weighted by atomic mass is 9.95. The molecule has 2 fully saturated rings. The van der Waals surface area contributed by atoms with Crippen LogP contribution in [0.4, 0.5) is 11.5 Å². The molecule has 0 radical (unpaired) electrons. The molecule has 2 aliphatic carbocycles. The molecule has 1 aromatic rings. The number of hydrogen-bond acceptors (Lipinski definition) is 3. The van der Waals surface area contributed by atoms with Crippen LogP contribution in [-0.4, -0.2) is 17.6 Å². The van der Waals surface area contributed by atoms with Gasteiger partial charge in [-0.15, -0.1) is 0 Å². The number of anilines is 2. The molecule has 1 heterocycles. The summed E-state index contributed by atoms with van der Waals surface area (Å²) in [7, 11) is 0. The van der Waals surface area contributed by atoms with Crippen molar-refractivity contribution in [1.82, 2.24) is 4.98 Å². The Morgan fingerprint density at radius 1 is 1.35 bits per heavy atom. The molecule has 1 aromatic heterocycles. The smallest absolute Gasteiger partial charge is 0.127 e. The van der Waals surface area contributed by atoms with Crippen molar-refractivity contribution in [3.8, 4) is 0 Å². The Hall–Kier alpha value is -1.25. The third kappa shape index (κ3) is 2.24. The number of hydrogen-bond donors (Lipinski definition) is 2. The fourth-order valence-corrected chi connectivity index (χ4v) is 3.43. The quantitative estimate of drug-likeness (QED) is 0.836. The number of nitrogens with zero attached hydrogens (tertiary/aromatic N) is 1. The van der Waals surface area contributed by atoms with Crippen LogP contribution < -0.4 is 10.6 Å². The van der Waals surface area contributed by atoms with Gasteiger partial charge in [0.05, 0.1) is 0 Å². The summed E-state index contributed by atoms with van der Waals surface area (Å²) in [4.78, 5) is 4.30. The van der Waals surface area contributed by atoms with Crippen LogP contribution in [0.1, 0.15) is 32.6 Å². The average molecular weight is 231 g/mol. The van der Waals surface area contributed by atoms with Crippen LogP contribution in [0.15, 0.2) is 18.3 Å². The fraction of sp³-hybridized carbons (Fsp3) is 0.643. The van der Waals surface area contributed by atoms with Crippen molar-refractivity contribution in [3.05, 3.63) is 18.3 Å². The SMILES string of the molecule is CCNc1cc(NC2CC3CCC2C3)ccn1. The molecule has 0 spiro atoms. The lowest BCUT2D eigenvalue weighted by Gasteiger charge is -2.24. The van der Waals surface area contributed by atoms with Gasteiger partial charge < -0.3 is 10.6 Å². The first-order chi connectivity index (χ1) is 8.35. The van der Waals surface area contributed by atoms with Crippen molar-refractivity contribution in [2.75, 3.05) is 17.2 Å². The van der Waals surface area contributed by atoms with Crippen LogP contribution >= 0.6 is 0 Å². The minimum Gasteiger partial charge on any atom is -0.382 e. The van der Waals surface area contributed by atoms with Gasteiger partial charge in [0.2, 0.25) is 0 Å². The summed E-state index contributed by atoms with van der Waals surface area (Å²) < 4.78 is 0. The Balaban J connectivity index is 1.66. The molecule has 0 aliphatic heterocycles. The molecule has 0 amide bonds. The van der Waals surface area contributed by atoms with Gasteiger partial charge in [0.15, 0.2) is 0 Å². The van der Waals surface area contributed by atoms with Crippen molar-refractivity contribution in [1.29, 1.82) is 0 Å². The molecular weight excluding hydrogens is 210 g/mol. The zero-order chi connectivity index (χ0) is 11.7. The molecule has 3 unspecified atom stereocenters. The number of rotatable bonds is 4.